The first kappa shape index (κ1) is 14.8. The van der Waals surface area contributed by atoms with Crippen LogP contribution >= 0.6 is 0 Å². The van der Waals surface area contributed by atoms with Crippen LogP contribution in [0.4, 0.5) is 4.39 Å². The van der Waals surface area contributed by atoms with Gasteiger partial charge in [0, 0.05) is 12.7 Å². The van der Waals surface area contributed by atoms with Crippen LogP contribution in [0.3, 0.4) is 0 Å². The molecule has 1 atom stereocenters. The minimum atomic E-state index is -0.209. The summed E-state index contributed by atoms with van der Waals surface area (Å²) >= 11 is 0. The lowest BCUT2D eigenvalue weighted by Crippen LogP contribution is -2.10. The number of hydrogen-bond acceptors (Lipinski definition) is 2. The van der Waals surface area contributed by atoms with E-state index in [2.05, 4.69) is 11.5 Å². The van der Waals surface area contributed by atoms with Crippen molar-refractivity contribution in [1.29, 1.82) is 0 Å². The van der Waals surface area contributed by atoms with Gasteiger partial charge < -0.3 is 9.30 Å². The third-order valence-electron chi connectivity index (χ3n) is 3.92. The maximum atomic E-state index is 13.0. The molecule has 0 aliphatic carbocycles. The van der Waals surface area contributed by atoms with Crippen LogP contribution in [0, 0.1) is 5.82 Å². The summed E-state index contributed by atoms with van der Waals surface area (Å²) in [5.74, 6) is 0.520. The van der Waals surface area contributed by atoms with E-state index in [1.165, 1.54) is 25.0 Å². The lowest BCUT2D eigenvalue weighted by atomic mass is 10.1. The molecule has 1 aliphatic heterocycles. The second kappa shape index (κ2) is 6.77. The molecule has 0 fully saturated rings. The summed E-state index contributed by atoms with van der Waals surface area (Å²) in [6.45, 7) is 3.55. The lowest BCUT2D eigenvalue weighted by Gasteiger charge is -2.09. The Kier molecular flexibility index (Phi) is 4.56. The molecular formula is C18H21FN2O. The normalized spacial score (nSPS) is 17.4. The highest BCUT2D eigenvalue weighted by Crippen LogP contribution is 2.18. The van der Waals surface area contributed by atoms with Crippen molar-refractivity contribution in [3.8, 4) is 0 Å². The predicted molar refractivity (Wildman–Crippen MR) is 85.7 cm³/mol. The van der Waals surface area contributed by atoms with Gasteiger partial charge in [0.15, 0.2) is 0 Å². The summed E-state index contributed by atoms with van der Waals surface area (Å²) in [4.78, 5) is 4.70. The molecule has 0 saturated heterocycles. The molecule has 1 aromatic carbocycles. The van der Waals surface area contributed by atoms with Gasteiger partial charge in [-0.05, 0) is 36.2 Å². The molecule has 22 heavy (non-hydrogen) atoms. The molecule has 0 radical (unpaired) electrons. The smallest absolute Gasteiger partial charge is 0.233 e. The summed E-state index contributed by atoms with van der Waals surface area (Å²) in [6.07, 6.45) is 5.45. The van der Waals surface area contributed by atoms with Gasteiger partial charge in [-0.25, -0.2) is 9.38 Å². The Morgan fingerprint density at radius 3 is 2.86 bits per heavy atom. The quantitative estimate of drug-likeness (QED) is 0.791. The third-order valence-corrected chi connectivity index (χ3v) is 3.92. The Morgan fingerprint density at radius 1 is 1.27 bits per heavy atom. The summed E-state index contributed by atoms with van der Waals surface area (Å²) in [6, 6.07) is 10.9. The van der Waals surface area contributed by atoms with Gasteiger partial charge in [0.1, 0.15) is 18.1 Å². The van der Waals surface area contributed by atoms with E-state index in [0.717, 1.165) is 23.6 Å². The van der Waals surface area contributed by atoms with Crippen molar-refractivity contribution in [2.75, 3.05) is 6.61 Å². The highest BCUT2D eigenvalue weighted by Gasteiger charge is 2.21. The third kappa shape index (κ3) is 3.38. The van der Waals surface area contributed by atoms with Crippen molar-refractivity contribution in [1.82, 2.24) is 4.57 Å². The standard InChI is InChI=1S/C18H21FN2O/c1-2-3-5-16-13-22-18(20-16)17-6-4-11-21(17)12-14-7-9-15(19)10-8-14/h4,6-11,16H,2-3,5,12-13H2,1H3. The Balaban J connectivity index is 1.73. The number of hydrogen-bond donors (Lipinski definition) is 0. The van der Waals surface area contributed by atoms with Gasteiger partial charge in [0.25, 0.3) is 0 Å². The minimum absolute atomic E-state index is 0.209. The molecular weight excluding hydrogens is 279 g/mol. The number of aromatic nitrogens is 1. The monoisotopic (exact) mass is 300 g/mol. The minimum Gasteiger partial charge on any atom is -0.474 e. The molecule has 0 bridgehead atoms. The average Bonchev–Trinajstić information content (AvgIpc) is 3.16. The molecule has 116 valence electrons. The maximum Gasteiger partial charge on any atom is 0.233 e. The maximum absolute atomic E-state index is 13.0. The molecule has 0 saturated carbocycles. The van der Waals surface area contributed by atoms with E-state index in [4.69, 9.17) is 9.73 Å². The second-order valence-electron chi connectivity index (χ2n) is 5.69. The number of halogens is 1. The van der Waals surface area contributed by atoms with Crippen molar-refractivity contribution >= 4 is 5.90 Å². The van der Waals surface area contributed by atoms with Gasteiger partial charge in [0.05, 0.1) is 6.04 Å². The zero-order valence-corrected chi connectivity index (χ0v) is 12.8. The molecule has 4 heteroatoms. The number of unbranched alkanes of at least 4 members (excludes halogenated alkanes) is 1. The molecule has 3 rings (SSSR count). The molecule has 0 amide bonds. The summed E-state index contributed by atoms with van der Waals surface area (Å²) in [5, 5.41) is 0. The van der Waals surface area contributed by atoms with Crippen LogP contribution in [-0.2, 0) is 11.3 Å². The van der Waals surface area contributed by atoms with E-state index in [1.54, 1.807) is 12.1 Å². The van der Waals surface area contributed by atoms with E-state index in [0.29, 0.717) is 13.2 Å². The molecule has 1 aliphatic rings. The number of ether oxygens (including phenoxy) is 1. The van der Waals surface area contributed by atoms with Gasteiger partial charge in [-0.3, -0.25) is 0 Å². The Bertz CT molecular complexity index is 645. The largest absolute Gasteiger partial charge is 0.474 e. The first-order chi connectivity index (χ1) is 10.8. The van der Waals surface area contributed by atoms with Crippen LogP contribution in [0.1, 0.15) is 37.4 Å². The fraction of sp³-hybridized carbons (Fsp3) is 0.389. The molecule has 3 nitrogen and oxygen atoms in total. The zero-order chi connectivity index (χ0) is 15.4. The Labute approximate surface area is 130 Å². The number of nitrogens with zero attached hydrogens (tertiary/aromatic N) is 2. The average molecular weight is 300 g/mol. The van der Waals surface area contributed by atoms with Crippen molar-refractivity contribution in [2.24, 2.45) is 4.99 Å². The predicted octanol–water partition coefficient (Wildman–Crippen LogP) is 4.01. The van der Waals surface area contributed by atoms with Crippen LogP contribution in [0.25, 0.3) is 0 Å². The van der Waals surface area contributed by atoms with Crippen LogP contribution in [0.2, 0.25) is 0 Å². The van der Waals surface area contributed by atoms with Crippen LogP contribution in [0.5, 0.6) is 0 Å². The fourth-order valence-corrected chi connectivity index (χ4v) is 2.68. The van der Waals surface area contributed by atoms with Gasteiger partial charge in [-0.1, -0.05) is 31.9 Å². The molecule has 1 aromatic heterocycles. The van der Waals surface area contributed by atoms with Gasteiger partial charge in [-0.15, -0.1) is 0 Å². The zero-order valence-electron chi connectivity index (χ0n) is 12.8. The van der Waals surface area contributed by atoms with E-state index >= 15 is 0 Å². The van der Waals surface area contributed by atoms with E-state index in [9.17, 15) is 4.39 Å². The molecule has 1 unspecified atom stereocenters. The first-order valence-corrected chi connectivity index (χ1v) is 7.87. The number of benzene rings is 1. The summed E-state index contributed by atoms with van der Waals surface area (Å²) < 4.78 is 20.9. The fourth-order valence-electron chi connectivity index (χ4n) is 2.68. The second-order valence-corrected chi connectivity index (χ2v) is 5.69. The summed E-state index contributed by atoms with van der Waals surface area (Å²) in [7, 11) is 0. The Hall–Kier alpha value is -2.10. The molecule has 2 aromatic rings. The van der Waals surface area contributed by atoms with Crippen LogP contribution < -0.4 is 0 Å². The van der Waals surface area contributed by atoms with E-state index in [-0.39, 0.29) is 11.9 Å². The topological polar surface area (TPSA) is 26.5 Å². The van der Waals surface area contributed by atoms with Crippen molar-refractivity contribution in [3.63, 3.8) is 0 Å². The van der Waals surface area contributed by atoms with Crippen molar-refractivity contribution < 1.29 is 9.13 Å². The molecule has 0 N–H and O–H groups in total. The number of rotatable bonds is 6. The summed E-state index contributed by atoms with van der Waals surface area (Å²) in [5.41, 5.74) is 2.04. The van der Waals surface area contributed by atoms with E-state index < -0.39 is 0 Å². The molecule has 0 spiro atoms. The van der Waals surface area contributed by atoms with Crippen molar-refractivity contribution in [2.45, 2.75) is 38.8 Å². The highest BCUT2D eigenvalue weighted by molar-refractivity contribution is 5.93. The first-order valence-electron chi connectivity index (χ1n) is 7.87. The SMILES string of the molecule is CCCCC1COC(c2cccn2Cc2ccc(F)cc2)=N1. The van der Waals surface area contributed by atoms with Gasteiger partial charge in [0.2, 0.25) is 5.90 Å². The number of aliphatic imine (C=N–C) groups is 1. The molecule has 2 heterocycles. The van der Waals surface area contributed by atoms with E-state index in [1.807, 2.05) is 18.3 Å². The van der Waals surface area contributed by atoms with Crippen LogP contribution in [-0.4, -0.2) is 23.1 Å². The lowest BCUT2D eigenvalue weighted by molar-refractivity contribution is 0.308. The Morgan fingerprint density at radius 2 is 2.09 bits per heavy atom. The highest BCUT2D eigenvalue weighted by atomic mass is 19.1. The van der Waals surface area contributed by atoms with Crippen molar-refractivity contribution in [3.05, 3.63) is 59.7 Å². The van der Waals surface area contributed by atoms with Gasteiger partial charge >= 0.3 is 0 Å². The van der Waals surface area contributed by atoms with Crippen LogP contribution in [0.15, 0.2) is 47.6 Å². The van der Waals surface area contributed by atoms with Gasteiger partial charge in [-0.2, -0.15) is 0 Å².